The van der Waals surface area contributed by atoms with Gasteiger partial charge < -0.3 is 4.79 Å². The van der Waals surface area contributed by atoms with Crippen molar-refractivity contribution in [2.45, 2.75) is 139 Å². The average molecular weight is 579 g/mol. The van der Waals surface area contributed by atoms with Crippen LogP contribution in [0.5, 0.6) is 0 Å². The number of hydrogen-bond donors (Lipinski definition) is 0. The monoisotopic (exact) mass is 578 g/mol. The number of ketones is 2. The van der Waals surface area contributed by atoms with Gasteiger partial charge in [0.15, 0.2) is 11.6 Å². The Hall–Kier alpha value is -1.77. The number of carbonyl (C=O) groups is 3. The maximum absolute atomic E-state index is 14.6. The quantitative estimate of drug-likeness (QED) is 0.117. The predicted octanol–water partition coefficient (Wildman–Crippen LogP) is 10.3. The second-order valence-electron chi connectivity index (χ2n) is 15.4. The van der Waals surface area contributed by atoms with Gasteiger partial charge in [-0.1, -0.05) is 70.4 Å². The average Bonchev–Trinajstić information content (AvgIpc) is 2.94. The van der Waals surface area contributed by atoms with Gasteiger partial charge in [-0.3, -0.25) is 9.59 Å². The highest BCUT2D eigenvalue weighted by Gasteiger charge is 2.49. The predicted molar refractivity (Wildman–Crippen MR) is 176 cm³/mol. The van der Waals surface area contributed by atoms with Crippen LogP contribution in [0.25, 0.3) is 0 Å². The van der Waals surface area contributed by atoms with Crippen LogP contribution in [0, 0.1) is 52.8 Å². The van der Waals surface area contributed by atoms with Gasteiger partial charge >= 0.3 is 0 Å². The van der Waals surface area contributed by atoms with Crippen LogP contribution in [-0.2, 0) is 14.4 Å². The minimum atomic E-state index is -1.28. The summed E-state index contributed by atoms with van der Waals surface area (Å²) in [7, 11) is 0. The Balaban J connectivity index is 1.92. The molecule has 0 saturated carbocycles. The van der Waals surface area contributed by atoms with Gasteiger partial charge in [0, 0.05) is 19.3 Å². The van der Waals surface area contributed by atoms with Crippen LogP contribution in [0.2, 0.25) is 0 Å². The zero-order chi connectivity index (χ0) is 31.2. The number of allylic oxidation sites excluding steroid dienone is 6. The number of hydrogen-bond acceptors (Lipinski definition) is 3. The number of aldehydes is 1. The summed E-state index contributed by atoms with van der Waals surface area (Å²) in [6.45, 7) is 20.2. The molecular formula is C39H62O3. The molecule has 3 heteroatoms. The summed E-state index contributed by atoms with van der Waals surface area (Å²) in [6.07, 6.45) is 15.2. The molecule has 0 aromatic carbocycles. The fraction of sp³-hybridized carbons (Fsp3) is 0.769. The first-order valence-corrected chi connectivity index (χ1v) is 17.3. The van der Waals surface area contributed by atoms with Crippen LogP contribution in [0.15, 0.2) is 34.4 Å². The molecule has 0 fully saturated rings. The lowest BCUT2D eigenvalue weighted by atomic mass is 9.61. The van der Waals surface area contributed by atoms with E-state index in [0.29, 0.717) is 60.2 Å². The zero-order valence-corrected chi connectivity index (χ0v) is 28.6. The summed E-state index contributed by atoms with van der Waals surface area (Å²) in [5, 5.41) is 0. The lowest BCUT2D eigenvalue weighted by Crippen LogP contribution is -2.44. The first-order chi connectivity index (χ1) is 19.8. The second kappa shape index (κ2) is 15.3. The van der Waals surface area contributed by atoms with E-state index in [0.717, 1.165) is 69.6 Å². The van der Waals surface area contributed by atoms with Crippen LogP contribution < -0.4 is 0 Å². The standard InChI is InChI=1S/C39H62O3/c1-25(2)31-13-10-28(7)34(22-31)16-18-37(41)39(20-21-40,36-24-33(27(5)6)15-12-30(36)9)38(42)19-17-35-23-32(26(3)4)14-11-29(35)8/h10-11,21,25-27,31-35H,12-20,22-24H2,1-9H3/t31-,32-,33-,34-,35+,39+/m0/s1. The second-order valence-corrected chi connectivity index (χ2v) is 15.4. The van der Waals surface area contributed by atoms with Gasteiger partial charge in [-0.15, -0.1) is 0 Å². The summed E-state index contributed by atoms with van der Waals surface area (Å²) < 4.78 is 0. The minimum absolute atomic E-state index is 0.00433. The summed E-state index contributed by atoms with van der Waals surface area (Å²) in [5.41, 5.74) is 3.67. The summed E-state index contributed by atoms with van der Waals surface area (Å²) in [5.74, 6) is 4.25. The highest BCUT2D eigenvalue weighted by atomic mass is 16.2. The molecule has 3 aliphatic carbocycles. The summed E-state index contributed by atoms with van der Waals surface area (Å²) >= 11 is 0. The fourth-order valence-corrected chi connectivity index (χ4v) is 8.29. The number of rotatable bonds is 14. The molecule has 0 heterocycles. The molecular weight excluding hydrogens is 516 g/mol. The third kappa shape index (κ3) is 8.03. The van der Waals surface area contributed by atoms with Gasteiger partial charge in [0.1, 0.15) is 11.7 Å². The van der Waals surface area contributed by atoms with Crippen molar-refractivity contribution in [2.24, 2.45) is 52.8 Å². The maximum Gasteiger partial charge on any atom is 0.150 e. The van der Waals surface area contributed by atoms with Crippen LogP contribution in [-0.4, -0.2) is 17.9 Å². The van der Waals surface area contributed by atoms with Crippen molar-refractivity contribution in [3.05, 3.63) is 34.4 Å². The lowest BCUT2D eigenvalue weighted by molar-refractivity contribution is -0.141. The van der Waals surface area contributed by atoms with Crippen LogP contribution in [0.3, 0.4) is 0 Å². The van der Waals surface area contributed by atoms with E-state index in [2.05, 4.69) is 74.5 Å². The Morgan fingerprint density at radius 2 is 1.24 bits per heavy atom. The molecule has 0 bridgehead atoms. The van der Waals surface area contributed by atoms with E-state index in [4.69, 9.17) is 0 Å². The van der Waals surface area contributed by atoms with Crippen LogP contribution >= 0.6 is 0 Å². The van der Waals surface area contributed by atoms with Crippen molar-refractivity contribution in [3.63, 3.8) is 0 Å². The molecule has 0 aliphatic heterocycles. The van der Waals surface area contributed by atoms with E-state index < -0.39 is 5.41 Å². The maximum atomic E-state index is 14.6. The molecule has 0 radical (unpaired) electrons. The molecule has 3 nitrogen and oxygen atoms in total. The Kier molecular flexibility index (Phi) is 12.6. The third-order valence-electron chi connectivity index (χ3n) is 11.9. The Morgan fingerprint density at radius 1 is 0.786 bits per heavy atom. The molecule has 3 aliphatic rings. The van der Waals surface area contributed by atoms with Gasteiger partial charge in [-0.25, -0.2) is 0 Å². The van der Waals surface area contributed by atoms with Crippen molar-refractivity contribution in [2.75, 3.05) is 0 Å². The molecule has 0 unspecified atom stereocenters. The molecule has 0 aromatic heterocycles. The van der Waals surface area contributed by atoms with Crippen molar-refractivity contribution < 1.29 is 14.4 Å². The zero-order valence-electron chi connectivity index (χ0n) is 28.6. The molecule has 6 atom stereocenters. The van der Waals surface area contributed by atoms with Gasteiger partial charge in [-0.2, -0.15) is 0 Å². The van der Waals surface area contributed by atoms with E-state index in [9.17, 15) is 14.4 Å². The van der Waals surface area contributed by atoms with Gasteiger partial charge in [-0.05, 0) is 131 Å². The minimum Gasteiger partial charge on any atom is -0.303 e. The van der Waals surface area contributed by atoms with Crippen LogP contribution in [0.4, 0.5) is 0 Å². The van der Waals surface area contributed by atoms with Crippen molar-refractivity contribution in [3.8, 4) is 0 Å². The molecule has 0 saturated heterocycles. The smallest absolute Gasteiger partial charge is 0.150 e. The highest BCUT2D eigenvalue weighted by Crippen LogP contribution is 2.48. The fourth-order valence-electron chi connectivity index (χ4n) is 8.29. The Labute approximate surface area is 258 Å². The van der Waals surface area contributed by atoms with Crippen molar-refractivity contribution in [1.82, 2.24) is 0 Å². The highest BCUT2D eigenvalue weighted by molar-refractivity contribution is 6.11. The summed E-state index contributed by atoms with van der Waals surface area (Å²) in [4.78, 5) is 41.6. The van der Waals surface area contributed by atoms with E-state index in [1.54, 1.807) is 0 Å². The molecule has 42 heavy (non-hydrogen) atoms. The van der Waals surface area contributed by atoms with E-state index in [1.165, 1.54) is 16.7 Å². The largest absolute Gasteiger partial charge is 0.303 e. The molecule has 0 N–H and O–H groups in total. The van der Waals surface area contributed by atoms with E-state index in [-0.39, 0.29) is 18.0 Å². The summed E-state index contributed by atoms with van der Waals surface area (Å²) in [6, 6.07) is 0. The lowest BCUT2D eigenvalue weighted by Gasteiger charge is -2.40. The molecule has 0 aromatic rings. The number of carbonyl (C=O) groups excluding carboxylic acids is 3. The normalized spacial score (nSPS) is 28.5. The Morgan fingerprint density at radius 3 is 1.64 bits per heavy atom. The number of Topliss-reactive ketones (excluding diaryl/α,β-unsaturated/α-hetero) is 2. The SMILES string of the molecule is CC1=CC[C@H](C(C)C)C[C@H]1CCC(=O)[C@@](CC=O)(C(=O)CC[C@H]1C[C@@H](C(C)C)CC=C1C)C1=C(C)CC[C@H](C(C)C)C1. The van der Waals surface area contributed by atoms with E-state index >= 15 is 0 Å². The third-order valence-corrected chi connectivity index (χ3v) is 11.9. The van der Waals surface area contributed by atoms with Gasteiger partial charge in [0.2, 0.25) is 0 Å². The molecule has 3 rings (SSSR count). The van der Waals surface area contributed by atoms with Crippen molar-refractivity contribution >= 4 is 17.9 Å². The van der Waals surface area contributed by atoms with E-state index in [1.807, 2.05) is 0 Å². The van der Waals surface area contributed by atoms with Crippen LogP contribution in [0.1, 0.15) is 139 Å². The van der Waals surface area contributed by atoms with Crippen molar-refractivity contribution in [1.29, 1.82) is 0 Å². The first kappa shape index (κ1) is 34.7. The first-order valence-electron chi connectivity index (χ1n) is 17.3. The topological polar surface area (TPSA) is 51.2 Å². The van der Waals surface area contributed by atoms with Gasteiger partial charge in [0.25, 0.3) is 0 Å². The Bertz CT molecular complexity index is 996. The molecule has 0 spiro atoms. The molecule has 0 amide bonds. The van der Waals surface area contributed by atoms with Gasteiger partial charge in [0.05, 0.1) is 0 Å². The molecule has 236 valence electrons.